The molecule has 1 heterocycles. The molecule has 4 nitrogen and oxygen atoms in total. The Balaban J connectivity index is 1.48. The zero-order valence-corrected chi connectivity index (χ0v) is 16.2. The molecule has 2 aliphatic rings. The van der Waals surface area contributed by atoms with Gasteiger partial charge in [-0.25, -0.2) is 0 Å². The molecule has 1 amide bonds. The van der Waals surface area contributed by atoms with E-state index in [-0.39, 0.29) is 5.91 Å². The predicted molar refractivity (Wildman–Crippen MR) is 105 cm³/mol. The van der Waals surface area contributed by atoms with Gasteiger partial charge in [-0.3, -0.25) is 4.79 Å². The number of methoxy groups -OCH3 is 2. The van der Waals surface area contributed by atoms with Gasteiger partial charge in [-0.1, -0.05) is 18.2 Å². The van der Waals surface area contributed by atoms with Crippen LogP contribution in [0.5, 0.6) is 11.5 Å². The third kappa shape index (κ3) is 3.66. The number of ether oxygens (including phenoxy) is 2. The van der Waals surface area contributed by atoms with Gasteiger partial charge in [0.15, 0.2) is 11.5 Å². The molecule has 142 valence electrons. The molecule has 1 aliphatic heterocycles. The van der Waals surface area contributed by atoms with Crippen molar-refractivity contribution in [3.8, 4) is 11.5 Å². The SMILES string of the molecule is COc1cc2c(cc1OC)CN(C(=O)Cc1ccc3c(c1)CCCC3)CC2. The molecular weight excluding hydrogens is 338 g/mol. The number of nitrogens with zero attached hydrogens (tertiary/aromatic N) is 1. The van der Waals surface area contributed by atoms with Gasteiger partial charge in [0.2, 0.25) is 5.91 Å². The highest BCUT2D eigenvalue weighted by Crippen LogP contribution is 2.33. The zero-order chi connectivity index (χ0) is 18.8. The van der Waals surface area contributed by atoms with Crippen molar-refractivity contribution in [1.82, 2.24) is 4.90 Å². The average Bonchev–Trinajstić information content (AvgIpc) is 2.72. The van der Waals surface area contributed by atoms with E-state index in [0.717, 1.165) is 42.0 Å². The van der Waals surface area contributed by atoms with Crippen LogP contribution in [0.1, 0.15) is 40.7 Å². The Bertz CT molecular complexity index is 859. The minimum atomic E-state index is 0.200. The van der Waals surface area contributed by atoms with Crippen molar-refractivity contribution >= 4 is 5.91 Å². The standard InChI is InChI=1S/C23H27NO3/c1-26-21-13-19-9-10-24(15-20(19)14-22(21)27-2)23(25)12-16-7-8-17-5-3-4-6-18(17)11-16/h7-8,11,13-14H,3-6,9-10,12,15H2,1-2H3. The molecule has 0 fully saturated rings. The molecule has 2 aromatic carbocycles. The first kappa shape index (κ1) is 17.9. The molecular formula is C23H27NO3. The lowest BCUT2D eigenvalue weighted by atomic mass is 9.90. The quantitative estimate of drug-likeness (QED) is 0.829. The summed E-state index contributed by atoms with van der Waals surface area (Å²) < 4.78 is 10.8. The summed E-state index contributed by atoms with van der Waals surface area (Å²) in [4.78, 5) is 14.9. The van der Waals surface area contributed by atoms with E-state index in [9.17, 15) is 4.79 Å². The van der Waals surface area contributed by atoms with E-state index in [0.29, 0.717) is 13.0 Å². The fourth-order valence-corrected chi connectivity index (χ4v) is 4.28. The van der Waals surface area contributed by atoms with Crippen molar-refractivity contribution in [3.63, 3.8) is 0 Å². The average molecular weight is 365 g/mol. The third-order valence-electron chi connectivity index (χ3n) is 5.84. The monoisotopic (exact) mass is 365 g/mol. The summed E-state index contributed by atoms with van der Waals surface area (Å²) in [6.45, 7) is 1.39. The van der Waals surface area contributed by atoms with Crippen molar-refractivity contribution in [3.05, 3.63) is 58.1 Å². The van der Waals surface area contributed by atoms with Gasteiger partial charge in [0.1, 0.15) is 0 Å². The number of amides is 1. The number of carbonyl (C=O) groups excluding carboxylic acids is 1. The van der Waals surface area contributed by atoms with Crippen LogP contribution in [0.2, 0.25) is 0 Å². The zero-order valence-electron chi connectivity index (χ0n) is 16.2. The van der Waals surface area contributed by atoms with Crippen molar-refractivity contribution in [2.45, 2.75) is 45.1 Å². The van der Waals surface area contributed by atoms with Crippen LogP contribution in [-0.4, -0.2) is 31.6 Å². The number of hydrogen-bond donors (Lipinski definition) is 0. The van der Waals surface area contributed by atoms with Crippen LogP contribution in [0.4, 0.5) is 0 Å². The van der Waals surface area contributed by atoms with Gasteiger partial charge in [0.25, 0.3) is 0 Å². The number of carbonyl (C=O) groups is 1. The van der Waals surface area contributed by atoms with Crippen LogP contribution in [0.25, 0.3) is 0 Å². The second kappa shape index (κ2) is 7.63. The van der Waals surface area contributed by atoms with E-state index in [4.69, 9.17) is 9.47 Å². The van der Waals surface area contributed by atoms with Crippen molar-refractivity contribution in [2.24, 2.45) is 0 Å². The van der Waals surface area contributed by atoms with Gasteiger partial charge < -0.3 is 14.4 Å². The maximum Gasteiger partial charge on any atom is 0.227 e. The summed E-state index contributed by atoms with van der Waals surface area (Å²) >= 11 is 0. The fraction of sp³-hybridized carbons (Fsp3) is 0.435. The minimum absolute atomic E-state index is 0.200. The lowest BCUT2D eigenvalue weighted by molar-refractivity contribution is -0.131. The largest absolute Gasteiger partial charge is 0.493 e. The number of rotatable bonds is 4. The second-order valence-corrected chi connectivity index (χ2v) is 7.53. The number of benzene rings is 2. The van der Waals surface area contributed by atoms with E-state index in [2.05, 4.69) is 18.2 Å². The van der Waals surface area contributed by atoms with Gasteiger partial charge in [0, 0.05) is 13.1 Å². The smallest absolute Gasteiger partial charge is 0.227 e. The molecule has 1 aliphatic carbocycles. The van der Waals surface area contributed by atoms with E-state index < -0.39 is 0 Å². The highest BCUT2D eigenvalue weighted by Gasteiger charge is 2.23. The Labute approximate surface area is 161 Å². The van der Waals surface area contributed by atoms with E-state index in [1.165, 1.54) is 36.0 Å². The lowest BCUT2D eigenvalue weighted by Crippen LogP contribution is -2.37. The summed E-state index contributed by atoms with van der Waals surface area (Å²) in [7, 11) is 3.30. The molecule has 4 rings (SSSR count). The van der Waals surface area contributed by atoms with Crippen LogP contribution in [0.3, 0.4) is 0 Å². The van der Waals surface area contributed by atoms with Gasteiger partial charge in [0.05, 0.1) is 20.6 Å². The van der Waals surface area contributed by atoms with E-state index in [1.54, 1.807) is 14.2 Å². The first-order chi connectivity index (χ1) is 13.2. The summed E-state index contributed by atoms with van der Waals surface area (Å²) in [5, 5.41) is 0. The van der Waals surface area contributed by atoms with Gasteiger partial charge in [-0.15, -0.1) is 0 Å². The fourth-order valence-electron chi connectivity index (χ4n) is 4.28. The first-order valence-corrected chi connectivity index (χ1v) is 9.80. The Morgan fingerprint density at radius 3 is 2.30 bits per heavy atom. The predicted octanol–water partition coefficient (Wildman–Crippen LogP) is 3.71. The molecule has 0 unspecified atom stereocenters. The lowest BCUT2D eigenvalue weighted by Gasteiger charge is -2.30. The summed E-state index contributed by atoms with van der Waals surface area (Å²) in [6, 6.07) is 10.7. The number of hydrogen-bond acceptors (Lipinski definition) is 3. The molecule has 0 saturated carbocycles. The molecule has 2 aromatic rings. The normalized spacial score (nSPS) is 15.7. The van der Waals surface area contributed by atoms with E-state index >= 15 is 0 Å². The van der Waals surface area contributed by atoms with Crippen LogP contribution in [0, 0.1) is 0 Å². The van der Waals surface area contributed by atoms with E-state index in [1.807, 2.05) is 17.0 Å². The molecule has 27 heavy (non-hydrogen) atoms. The number of aryl methyl sites for hydroxylation is 2. The molecule has 0 saturated heterocycles. The second-order valence-electron chi connectivity index (χ2n) is 7.53. The Hall–Kier alpha value is -2.49. The summed E-state index contributed by atoms with van der Waals surface area (Å²) in [6.07, 6.45) is 6.21. The first-order valence-electron chi connectivity index (χ1n) is 9.80. The molecule has 0 aromatic heterocycles. The van der Waals surface area contributed by atoms with Crippen molar-refractivity contribution in [1.29, 1.82) is 0 Å². The summed E-state index contributed by atoms with van der Waals surface area (Å²) in [5.74, 6) is 1.68. The number of fused-ring (bicyclic) bond motifs is 2. The molecule has 0 radical (unpaired) electrons. The van der Waals surface area contributed by atoms with Gasteiger partial charge in [-0.05, 0) is 72.1 Å². The Morgan fingerprint density at radius 1 is 0.889 bits per heavy atom. The van der Waals surface area contributed by atoms with Crippen molar-refractivity contribution < 1.29 is 14.3 Å². The minimum Gasteiger partial charge on any atom is -0.493 e. The Morgan fingerprint density at radius 2 is 1.56 bits per heavy atom. The topological polar surface area (TPSA) is 38.8 Å². The molecule has 0 atom stereocenters. The van der Waals surface area contributed by atoms with Crippen LogP contribution < -0.4 is 9.47 Å². The highest BCUT2D eigenvalue weighted by atomic mass is 16.5. The molecule has 4 heteroatoms. The van der Waals surface area contributed by atoms with Crippen molar-refractivity contribution in [2.75, 3.05) is 20.8 Å². The van der Waals surface area contributed by atoms with Gasteiger partial charge >= 0.3 is 0 Å². The summed E-state index contributed by atoms with van der Waals surface area (Å²) in [5.41, 5.74) is 6.43. The third-order valence-corrected chi connectivity index (χ3v) is 5.84. The van der Waals surface area contributed by atoms with Gasteiger partial charge in [-0.2, -0.15) is 0 Å². The maximum absolute atomic E-state index is 12.9. The van der Waals surface area contributed by atoms with Crippen LogP contribution in [-0.2, 0) is 37.0 Å². The van der Waals surface area contributed by atoms with Crippen LogP contribution in [0.15, 0.2) is 30.3 Å². The molecule has 0 bridgehead atoms. The Kier molecular flexibility index (Phi) is 5.06. The molecule has 0 spiro atoms. The molecule has 0 N–H and O–H groups in total. The van der Waals surface area contributed by atoms with Crippen LogP contribution >= 0.6 is 0 Å². The maximum atomic E-state index is 12.9. The highest BCUT2D eigenvalue weighted by molar-refractivity contribution is 5.79.